The monoisotopic (exact) mass is 202 g/mol. The van der Waals surface area contributed by atoms with Crippen LogP contribution in [0.3, 0.4) is 0 Å². The van der Waals surface area contributed by atoms with Crippen molar-refractivity contribution in [1.82, 2.24) is 9.55 Å². The van der Waals surface area contributed by atoms with Gasteiger partial charge in [-0.05, 0) is 13.8 Å². The average molecular weight is 202 g/mol. The first-order valence-corrected chi connectivity index (χ1v) is 4.46. The molecule has 0 saturated heterocycles. The third-order valence-electron chi connectivity index (χ3n) is 2.06. The smallest absolute Gasteiger partial charge is 0.176 e. The highest BCUT2D eigenvalue weighted by Gasteiger charge is 2.15. The number of aromatic nitrogens is 2. The highest BCUT2D eigenvalue weighted by Crippen LogP contribution is 2.16. The summed E-state index contributed by atoms with van der Waals surface area (Å²) in [5.41, 5.74) is 0.319. The molecule has 0 aromatic carbocycles. The molecule has 15 heavy (non-hydrogen) atoms. The zero-order valence-electron chi connectivity index (χ0n) is 8.56. The largest absolute Gasteiger partial charge is 0.318 e. The maximum absolute atomic E-state index is 10.9. The zero-order chi connectivity index (χ0) is 11.4. The number of rotatable bonds is 3. The van der Waals surface area contributed by atoms with Crippen molar-refractivity contribution >= 4 is 5.78 Å². The number of imidazole rings is 1. The number of ketones is 1. The second kappa shape index (κ2) is 4.39. The molecule has 0 aliphatic heterocycles. The number of Topliss-reactive ketones (excluding diaryl/α,β-unsaturated/α-hetero) is 1. The third kappa shape index (κ3) is 2.21. The molecule has 0 spiro atoms. The second-order valence-corrected chi connectivity index (χ2v) is 3.33. The van der Waals surface area contributed by atoms with Crippen LogP contribution in [-0.2, 0) is 4.79 Å². The van der Waals surface area contributed by atoms with E-state index >= 15 is 0 Å². The minimum Gasteiger partial charge on any atom is -0.318 e. The predicted molar refractivity (Wildman–Crippen MR) is 51.7 cm³/mol. The Morgan fingerprint density at radius 3 is 2.73 bits per heavy atom. The Balaban J connectivity index is 3.06. The molecule has 0 aliphatic carbocycles. The van der Waals surface area contributed by atoms with Crippen molar-refractivity contribution in [3.8, 4) is 12.1 Å². The first-order chi connectivity index (χ1) is 7.10. The van der Waals surface area contributed by atoms with Crippen molar-refractivity contribution in [2.45, 2.75) is 26.3 Å². The van der Waals surface area contributed by atoms with Gasteiger partial charge in [-0.15, -0.1) is 0 Å². The Morgan fingerprint density at radius 1 is 1.60 bits per heavy atom. The van der Waals surface area contributed by atoms with Crippen molar-refractivity contribution < 1.29 is 4.79 Å². The lowest BCUT2D eigenvalue weighted by Gasteiger charge is -2.11. The highest BCUT2D eigenvalue weighted by atomic mass is 16.1. The maximum atomic E-state index is 10.9. The van der Waals surface area contributed by atoms with Gasteiger partial charge in [0.05, 0.1) is 6.33 Å². The van der Waals surface area contributed by atoms with Crippen LogP contribution in [0.4, 0.5) is 0 Å². The van der Waals surface area contributed by atoms with Gasteiger partial charge < -0.3 is 4.57 Å². The minimum atomic E-state index is -0.147. The SMILES string of the molecule is CC(=O)CC(C)n1cnc(C#N)c1C#N. The molecule has 0 aliphatic rings. The van der Waals surface area contributed by atoms with Crippen LogP contribution >= 0.6 is 0 Å². The summed E-state index contributed by atoms with van der Waals surface area (Å²) in [4.78, 5) is 14.7. The number of carbonyl (C=O) groups is 1. The van der Waals surface area contributed by atoms with E-state index in [1.807, 2.05) is 19.1 Å². The van der Waals surface area contributed by atoms with Crippen molar-refractivity contribution in [2.24, 2.45) is 0 Å². The molecule has 1 heterocycles. The topological polar surface area (TPSA) is 82.5 Å². The van der Waals surface area contributed by atoms with Crippen LogP contribution in [0.15, 0.2) is 6.33 Å². The van der Waals surface area contributed by atoms with Gasteiger partial charge in [-0.2, -0.15) is 10.5 Å². The van der Waals surface area contributed by atoms with Gasteiger partial charge in [-0.3, -0.25) is 4.79 Å². The molecule has 5 nitrogen and oxygen atoms in total. The van der Waals surface area contributed by atoms with Gasteiger partial charge in [0.1, 0.15) is 17.9 Å². The summed E-state index contributed by atoms with van der Waals surface area (Å²) in [7, 11) is 0. The van der Waals surface area contributed by atoms with Crippen molar-refractivity contribution in [1.29, 1.82) is 10.5 Å². The summed E-state index contributed by atoms with van der Waals surface area (Å²) < 4.78 is 1.56. The normalized spacial score (nSPS) is 11.5. The molecule has 76 valence electrons. The van der Waals surface area contributed by atoms with E-state index in [2.05, 4.69) is 4.98 Å². The van der Waals surface area contributed by atoms with E-state index in [4.69, 9.17) is 10.5 Å². The highest BCUT2D eigenvalue weighted by molar-refractivity contribution is 5.75. The Morgan fingerprint density at radius 2 is 2.27 bits per heavy atom. The van der Waals surface area contributed by atoms with Crippen LogP contribution in [0, 0.1) is 22.7 Å². The Bertz CT molecular complexity index is 461. The van der Waals surface area contributed by atoms with Crippen LogP contribution in [0.5, 0.6) is 0 Å². The van der Waals surface area contributed by atoms with Crippen molar-refractivity contribution in [3.05, 3.63) is 17.7 Å². The molecule has 0 N–H and O–H groups in total. The summed E-state index contributed by atoms with van der Waals surface area (Å²) >= 11 is 0. The lowest BCUT2D eigenvalue weighted by Crippen LogP contribution is -2.10. The van der Waals surface area contributed by atoms with Crippen molar-refractivity contribution in [3.63, 3.8) is 0 Å². The van der Waals surface area contributed by atoms with Crippen molar-refractivity contribution in [2.75, 3.05) is 0 Å². The Hall–Kier alpha value is -2.14. The van der Waals surface area contributed by atoms with Gasteiger partial charge in [0.15, 0.2) is 11.4 Å². The summed E-state index contributed by atoms with van der Waals surface area (Å²) in [6, 6.07) is 3.61. The quantitative estimate of drug-likeness (QED) is 0.736. The summed E-state index contributed by atoms with van der Waals surface area (Å²) in [6.07, 6.45) is 1.75. The van der Waals surface area contributed by atoms with E-state index < -0.39 is 0 Å². The fraction of sp³-hybridized carbons (Fsp3) is 0.400. The van der Waals surface area contributed by atoms with E-state index in [9.17, 15) is 4.79 Å². The number of nitrogens with zero attached hydrogens (tertiary/aromatic N) is 4. The molecule has 0 bridgehead atoms. The summed E-state index contributed by atoms with van der Waals surface area (Å²) in [5.74, 6) is 0.0404. The average Bonchev–Trinajstić information content (AvgIpc) is 2.58. The third-order valence-corrected chi connectivity index (χ3v) is 2.06. The van der Waals surface area contributed by atoms with Gasteiger partial charge in [-0.1, -0.05) is 0 Å². The fourth-order valence-corrected chi connectivity index (χ4v) is 1.40. The predicted octanol–water partition coefficient (Wildman–Crippen LogP) is 1.17. The van der Waals surface area contributed by atoms with Crippen LogP contribution in [0.2, 0.25) is 0 Å². The molecular formula is C10H10N4O. The van der Waals surface area contributed by atoms with Gasteiger partial charge in [-0.25, -0.2) is 4.98 Å². The van der Waals surface area contributed by atoms with Gasteiger partial charge in [0.25, 0.3) is 0 Å². The molecule has 1 atom stereocenters. The molecule has 1 aromatic rings. The minimum absolute atomic E-state index is 0.0404. The molecule has 0 radical (unpaired) electrons. The van der Waals surface area contributed by atoms with E-state index in [-0.39, 0.29) is 23.2 Å². The van der Waals surface area contributed by atoms with Gasteiger partial charge in [0, 0.05) is 12.5 Å². The van der Waals surface area contributed by atoms with E-state index in [0.717, 1.165) is 0 Å². The lowest BCUT2D eigenvalue weighted by atomic mass is 10.1. The molecule has 1 unspecified atom stereocenters. The number of carbonyl (C=O) groups excluding carboxylic acids is 1. The first kappa shape index (κ1) is 10.9. The molecule has 5 heteroatoms. The van der Waals surface area contributed by atoms with Crippen LogP contribution in [0.25, 0.3) is 0 Å². The maximum Gasteiger partial charge on any atom is 0.176 e. The first-order valence-electron chi connectivity index (χ1n) is 4.46. The molecule has 1 rings (SSSR count). The molecule has 0 fully saturated rings. The fourth-order valence-electron chi connectivity index (χ4n) is 1.40. The van der Waals surface area contributed by atoms with Gasteiger partial charge in [0.2, 0.25) is 0 Å². The Kier molecular flexibility index (Phi) is 3.20. The summed E-state index contributed by atoms with van der Waals surface area (Å²) in [5, 5.41) is 17.5. The zero-order valence-corrected chi connectivity index (χ0v) is 8.56. The number of nitriles is 2. The van der Waals surface area contributed by atoms with Gasteiger partial charge >= 0.3 is 0 Å². The van der Waals surface area contributed by atoms with E-state index in [1.165, 1.54) is 13.3 Å². The van der Waals surface area contributed by atoms with E-state index in [0.29, 0.717) is 6.42 Å². The van der Waals surface area contributed by atoms with E-state index in [1.54, 1.807) is 4.57 Å². The molecule has 0 saturated carbocycles. The number of hydrogen-bond acceptors (Lipinski definition) is 4. The lowest BCUT2D eigenvalue weighted by molar-refractivity contribution is -0.117. The molecule has 0 amide bonds. The Labute approximate surface area is 87.6 Å². The second-order valence-electron chi connectivity index (χ2n) is 3.33. The standard InChI is InChI=1S/C10H10N4O/c1-7(3-8(2)15)14-6-13-9(4-11)10(14)5-12/h6-7H,3H2,1-2H3. The molecular weight excluding hydrogens is 192 g/mol. The van der Waals surface area contributed by atoms with Crippen LogP contribution in [-0.4, -0.2) is 15.3 Å². The van der Waals surface area contributed by atoms with Crippen LogP contribution < -0.4 is 0 Å². The number of hydrogen-bond donors (Lipinski definition) is 0. The summed E-state index contributed by atoms with van der Waals surface area (Å²) in [6.45, 7) is 3.30. The molecule has 1 aromatic heterocycles. The van der Waals surface area contributed by atoms with Crippen LogP contribution in [0.1, 0.15) is 37.7 Å².